The number of rotatable bonds is 4. The van der Waals surface area contributed by atoms with Crippen LogP contribution < -0.4 is 0 Å². The van der Waals surface area contributed by atoms with Gasteiger partial charge >= 0.3 is 0 Å². The SMILES string of the molecule is Cc1cc(-c2ccc(-c3cccc4ccccc34)cc2)nc(-c2ccc(-c3ccncc3)cc2)n1. The Labute approximate surface area is 204 Å². The summed E-state index contributed by atoms with van der Waals surface area (Å²) in [5, 5.41) is 2.51. The number of fused-ring (bicyclic) bond motifs is 1. The molecular formula is C32H23N3. The van der Waals surface area contributed by atoms with E-state index in [0.717, 1.165) is 39.5 Å². The smallest absolute Gasteiger partial charge is 0.160 e. The van der Waals surface area contributed by atoms with Crippen LogP contribution in [0.15, 0.2) is 122 Å². The van der Waals surface area contributed by atoms with Gasteiger partial charge in [-0.25, -0.2) is 9.97 Å². The molecule has 3 heteroatoms. The van der Waals surface area contributed by atoms with Gasteiger partial charge in [-0.05, 0) is 58.1 Å². The van der Waals surface area contributed by atoms with Gasteiger partial charge in [-0.1, -0.05) is 91.0 Å². The van der Waals surface area contributed by atoms with Crippen molar-refractivity contribution in [3.8, 4) is 44.9 Å². The number of benzene rings is 4. The van der Waals surface area contributed by atoms with Crippen LogP contribution in [0.25, 0.3) is 55.7 Å². The van der Waals surface area contributed by atoms with Crippen molar-refractivity contribution >= 4 is 10.8 Å². The van der Waals surface area contributed by atoms with E-state index in [0.29, 0.717) is 0 Å². The van der Waals surface area contributed by atoms with Crippen LogP contribution in [0.5, 0.6) is 0 Å². The first-order chi connectivity index (χ1) is 17.2. The molecule has 0 aliphatic heterocycles. The molecule has 0 radical (unpaired) electrons. The second-order valence-electron chi connectivity index (χ2n) is 8.64. The Balaban J connectivity index is 1.33. The quantitative estimate of drug-likeness (QED) is 0.274. The highest BCUT2D eigenvalue weighted by atomic mass is 14.9. The van der Waals surface area contributed by atoms with Crippen LogP contribution >= 0.6 is 0 Å². The molecule has 0 saturated heterocycles. The summed E-state index contributed by atoms with van der Waals surface area (Å²) in [6, 6.07) is 38.1. The average Bonchev–Trinajstić information content (AvgIpc) is 2.93. The highest BCUT2D eigenvalue weighted by molar-refractivity contribution is 5.96. The minimum absolute atomic E-state index is 0.736. The van der Waals surface area contributed by atoms with Gasteiger partial charge in [0, 0.05) is 29.2 Å². The minimum Gasteiger partial charge on any atom is -0.265 e. The predicted octanol–water partition coefficient (Wildman–Crippen LogP) is 8.00. The minimum atomic E-state index is 0.736. The van der Waals surface area contributed by atoms with Crippen molar-refractivity contribution in [2.45, 2.75) is 6.92 Å². The lowest BCUT2D eigenvalue weighted by Crippen LogP contribution is -1.95. The van der Waals surface area contributed by atoms with Gasteiger partial charge in [0.2, 0.25) is 0 Å². The summed E-state index contributed by atoms with van der Waals surface area (Å²) in [6.45, 7) is 2.02. The Morgan fingerprint density at radius 2 is 1.14 bits per heavy atom. The van der Waals surface area contributed by atoms with E-state index in [-0.39, 0.29) is 0 Å². The van der Waals surface area contributed by atoms with E-state index in [1.807, 2.05) is 37.5 Å². The zero-order valence-electron chi connectivity index (χ0n) is 19.4. The number of hydrogen-bond acceptors (Lipinski definition) is 3. The highest BCUT2D eigenvalue weighted by Crippen LogP contribution is 2.31. The molecule has 0 N–H and O–H groups in total. The lowest BCUT2D eigenvalue weighted by molar-refractivity contribution is 1.12. The summed E-state index contributed by atoms with van der Waals surface area (Å²) in [7, 11) is 0. The van der Waals surface area contributed by atoms with Gasteiger partial charge < -0.3 is 0 Å². The molecule has 166 valence electrons. The van der Waals surface area contributed by atoms with Gasteiger partial charge in [-0.15, -0.1) is 0 Å². The van der Waals surface area contributed by atoms with Crippen LogP contribution in [0.3, 0.4) is 0 Å². The van der Waals surface area contributed by atoms with Gasteiger partial charge in [0.15, 0.2) is 5.82 Å². The molecule has 0 saturated carbocycles. The zero-order valence-corrected chi connectivity index (χ0v) is 19.4. The van der Waals surface area contributed by atoms with Crippen molar-refractivity contribution in [1.29, 1.82) is 0 Å². The van der Waals surface area contributed by atoms with Gasteiger partial charge in [-0.3, -0.25) is 4.98 Å². The zero-order chi connectivity index (χ0) is 23.6. The average molecular weight is 450 g/mol. The van der Waals surface area contributed by atoms with E-state index in [1.165, 1.54) is 21.9 Å². The van der Waals surface area contributed by atoms with Crippen LogP contribution in [0.2, 0.25) is 0 Å². The van der Waals surface area contributed by atoms with Crippen LogP contribution in [0, 0.1) is 6.92 Å². The molecular weight excluding hydrogens is 426 g/mol. The fourth-order valence-electron chi connectivity index (χ4n) is 4.50. The summed E-state index contributed by atoms with van der Waals surface area (Å²) in [4.78, 5) is 13.7. The Kier molecular flexibility index (Phi) is 5.36. The maximum absolute atomic E-state index is 4.91. The molecule has 0 unspecified atom stereocenters. The Bertz CT molecular complexity index is 1620. The largest absolute Gasteiger partial charge is 0.265 e. The number of nitrogens with zero attached hydrogens (tertiary/aromatic N) is 3. The monoisotopic (exact) mass is 449 g/mol. The number of aromatic nitrogens is 3. The Hall–Kier alpha value is -4.63. The lowest BCUT2D eigenvalue weighted by Gasteiger charge is -2.10. The molecule has 2 aromatic heterocycles. The van der Waals surface area contributed by atoms with Gasteiger partial charge in [-0.2, -0.15) is 0 Å². The van der Waals surface area contributed by atoms with E-state index >= 15 is 0 Å². The van der Waals surface area contributed by atoms with Crippen LogP contribution in [0.1, 0.15) is 5.69 Å². The molecule has 3 nitrogen and oxygen atoms in total. The molecule has 0 fully saturated rings. The summed E-state index contributed by atoms with van der Waals surface area (Å²) in [5.74, 6) is 0.736. The van der Waals surface area contributed by atoms with E-state index < -0.39 is 0 Å². The van der Waals surface area contributed by atoms with E-state index in [2.05, 4.69) is 96.0 Å². The first-order valence-corrected chi connectivity index (χ1v) is 11.7. The predicted molar refractivity (Wildman–Crippen MR) is 144 cm³/mol. The molecule has 6 aromatic rings. The normalized spacial score (nSPS) is 11.0. The third-order valence-electron chi connectivity index (χ3n) is 6.29. The van der Waals surface area contributed by atoms with Crippen molar-refractivity contribution in [3.63, 3.8) is 0 Å². The molecule has 35 heavy (non-hydrogen) atoms. The maximum atomic E-state index is 4.91. The first-order valence-electron chi connectivity index (χ1n) is 11.7. The highest BCUT2D eigenvalue weighted by Gasteiger charge is 2.09. The molecule has 0 spiro atoms. The number of hydrogen-bond donors (Lipinski definition) is 0. The summed E-state index contributed by atoms with van der Waals surface area (Å²) in [6.07, 6.45) is 3.62. The summed E-state index contributed by atoms with van der Waals surface area (Å²) >= 11 is 0. The fraction of sp³-hybridized carbons (Fsp3) is 0.0312. The molecule has 0 aliphatic rings. The maximum Gasteiger partial charge on any atom is 0.160 e. The number of pyridine rings is 1. The summed E-state index contributed by atoms with van der Waals surface area (Å²) < 4.78 is 0. The van der Waals surface area contributed by atoms with E-state index in [4.69, 9.17) is 9.97 Å². The Morgan fingerprint density at radius 3 is 1.94 bits per heavy atom. The second-order valence-corrected chi connectivity index (χ2v) is 8.64. The van der Waals surface area contributed by atoms with Crippen molar-refractivity contribution in [1.82, 2.24) is 15.0 Å². The molecule has 2 heterocycles. The summed E-state index contributed by atoms with van der Waals surface area (Å²) in [5.41, 5.74) is 8.68. The lowest BCUT2D eigenvalue weighted by atomic mass is 9.97. The molecule has 0 atom stereocenters. The Morgan fingerprint density at radius 1 is 0.514 bits per heavy atom. The fourth-order valence-corrected chi connectivity index (χ4v) is 4.50. The van der Waals surface area contributed by atoms with Crippen molar-refractivity contribution in [2.75, 3.05) is 0 Å². The molecule has 0 aliphatic carbocycles. The topological polar surface area (TPSA) is 38.7 Å². The van der Waals surface area contributed by atoms with Crippen molar-refractivity contribution in [3.05, 3.63) is 127 Å². The van der Waals surface area contributed by atoms with Gasteiger partial charge in [0.1, 0.15) is 0 Å². The van der Waals surface area contributed by atoms with Gasteiger partial charge in [0.05, 0.1) is 5.69 Å². The van der Waals surface area contributed by atoms with E-state index in [1.54, 1.807) is 0 Å². The van der Waals surface area contributed by atoms with Crippen molar-refractivity contribution < 1.29 is 0 Å². The molecule has 4 aromatic carbocycles. The molecule has 0 amide bonds. The first kappa shape index (κ1) is 20.9. The second kappa shape index (κ2) is 8.96. The van der Waals surface area contributed by atoms with Crippen LogP contribution in [-0.2, 0) is 0 Å². The third-order valence-corrected chi connectivity index (χ3v) is 6.29. The standard InChI is InChI=1S/C32H23N3/c1-22-21-31(35-32(34-22)28-15-9-23(10-16-28)24-17-19-33-20-18-24)27-13-11-26(12-14-27)30-8-4-6-25-5-2-3-7-29(25)30/h2-21H,1H3. The van der Waals surface area contributed by atoms with Gasteiger partial charge in [0.25, 0.3) is 0 Å². The molecule has 6 rings (SSSR count). The van der Waals surface area contributed by atoms with Crippen molar-refractivity contribution in [2.24, 2.45) is 0 Å². The van der Waals surface area contributed by atoms with E-state index in [9.17, 15) is 0 Å². The number of aryl methyl sites for hydroxylation is 1. The van der Waals surface area contributed by atoms with Crippen LogP contribution in [0.4, 0.5) is 0 Å². The molecule has 0 bridgehead atoms. The third kappa shape index (κ3) is 4.20. The van der Waals surface area contributed by atoms with Crippen LogP contribution in [-0.4, -0.2) is 15.0 Å².